The SMILES string of the molecule is CCC(NS(=O)(=O)C(C)CO)c1ccccc1. The van der Waals surface area contributed by atoms with Crippen molar-refractivity contribution in [3.05, 3.63) is 35.9 Å². The van der Waals surface area contributed by atoms with Crippen molar-refractivity contribution in [2.75, 3.05) is 6.61 Å². The Bertz CT molecular complexity index is 430. The molecule has 0 aliphatic rings. The van der Waals surface area contributed by atoms with Gasteiger partial charge in [-0.25, -0.2) is 13.1 Å². The summed E-state index contributed by atoms with van der Waals surface area (Å²) in [6.45, 7) is 3.03. The second-order valence-corrected chi connectivity index (χ2v) is 6.16. The van der Waals surface area contributed by atoms with Gasteiger partial charge in [-0.2, -0.15) is 0 Å². The largest absolute Gasteiger partial charge is 0.395 e. The fourth-order valence-electron chi connectivity index (χ4n) is 1.48. The zero-order chi connectivity index (χ0) is 12.9. The van der Waals surface area contributed by atoms with E-state index < -0.39 is 15.3 Å². The van der Waals surface area contributed by atoms with Crippen molar-refractivity contribution in [2.45, 2.75) is 31.6 Å². The van der Waals surface area contributed by atoms with Gasteiger partial charge in [-0.15, -0.1) is 0 Å². The molecule has 17 heavy (non-hydrogen) atoms. The van der Waals surface area contributed by atoms with Crippen molar-refractivity contribution in [3.63, 3.8) is 0 Å². The maximum absolute atomic E-state index is 11.8. The number of rotatable bonds is 6. The van der Waals surface area contributed by atoms with Crippen molar-refractivity contribution in [3.8, 4) is 0 Å². The van der Waals surface area contributed by atoms with E-state index in [1.54, 1.807) is 0 Å². The van der Waals surface area contributed by atoms with Crippen LogP contribution in [0, 0.1) is 0 Å². The average Bonchev–Trinajstić information content (AvgIpc) is 2.36. The van der Waals surface area contributed by atoms with E-state index in [1.807, 2.05) is 37.3 Å². The summed E-state index contributed by atoms with van der Waals surface area (Å²) in [7, 11) is -3.47. The van der Waals surface area contributed by atoms with E-state index in [9.17, 15) is 8.42 Å². The first-order valence-corrected chi connectivity index (χ1v) is 7.22. The van der Waals surface area contributed by atoms with Crippen LogP contribution in [0.3, 0.4) is 0 Å². The van der Waals surface area contributed by atoms with Crippen LogP contribution in [0.15, 0.2) is 30.3 Å². The Kier molecular flexibility index (Phi) is 5.11. The first-order valence-electron chi connectivity index (χ1n) is 5.68. The molecule has 0 saturated heterocycles. The van der Waals surface area contributed by atoms with E-state index >= 15 is 0 Å². The standard InChI is InChI=1S/C12H19NO3S/c1-3-12(11-7-5-4-6-8-11)13-17(15,16)10(2)9-14/h4-8,10,12-14H,3,9H2,1-2H3. The smallest absolute Gasteiger partial charge is 0.217 e. The van der Waals surface area contributed by atoms with E-state index in [1.165, 1.54) is 6.92 Å². The van der Waals surface area contributed by atoms with E-state index in [2.05, 4.69) is 4.72 Å². The second-order valence-electron chi connectivity index (χ2n) is 4.03. The Labute approximate surface area is 103 Å². The molecule has 0 saturated carbocycles. The molecule has 2 unspecified atom stereocenters. The summed E-state index contributed by atoms with van der Waals surface area (Å²) >= 11 is 0. The van der Waals surface area contributed by atoms with Crippen molar-refractivity contribution in [2.24, 2.45) is 0 Å². The Balaban J connectivity index is 2.85. The van der Waals surface area contributed by atoms with Crippen LogP contribution in [0.25, 0.3) is 0 Å². The van der Waals surface area contributed by atoms with Gasteiger partial charge in [0.05, 0.1) is 11.9 Å². The lowest BCUT2D eigenvalue weighted by Gasteiger charge is -2.19. The highest BCUT2D eigenvalue weighted by Crippen LogP contribution is 2.18. The Morgan fingerprint density at radius 1 is 1.29 bits per heavy atom. The molecule has 0 aliphatic carbocycles. The normalized spacial score (nSPS) is 15.5. The molecule has 0 fully saturated rings. The van der Waals surface area contributed by atoms with Crippen LogP contribution in [0.2, 0.25) is 0 Å². The molecule has 96 valence electrons. The van der Waals surface area contributed by atoms with Gasteiger partial charge < -0.3 is 5.11 Å². The van der Waals surface area contributed by atoms with Gasteiger partial charge in [0.1, 0.15) is 0 Å². The molecule has 0 radical (unpaired) electrons. The first-order chi connectivity index (χ1) is 8.01. The van der Waals surface area contributed by atoms with Gasteiger partial charge >= 0.3 is 0 Å². The number of aliphatic hydroxyl groups excluding tert-OH is 1. The molecular weight excluding hydrogens is 238 g/mol. The van der Waals surface area contributed by atoms with Crippen LogP contribution in [-0.4, -0.2) is 25.4 Å². The molecule has 0 bridgehead atoms. The molecule has 1 rings (SSSR count). The van der Waals surface area contributed by atoms with Gasteiger partial charge in [0.2, 0.25) is 10.0 Å². The third-order valence-electron chi connectivity index (χ3n) is 2.70. The second kappa shape index (κ2) is 6.14. The lowest BCUT2D eigenvalue weighted by Crippen LogP contribution is -2.37. The van der Waals surface area contributed by atoms with Crippen LogP contribution < -0.4 is 4.72 Å². The Morgan fingerprint density at radius 2 is 1.88 bits per heavy atom. The van der Waals surface area contributed by atoms with Crippen molar-refractivity contribution in [1.29, 1.82) is 0 Å². The van der Waals surface area contributed by atoms with Gasteiger partial charge in [0.15, 0.2) is 0 Å². The lowest BCUT2D eigenvalue weighted by molar-refractivity contribution is 0.294. The summed E-state index contributed by atoms with van der Waals surface area (Å²) in [5, 5.41) is 8.12. The minimum Gasteiger partial charge on any atom is -0.395 e. The quantitative estimate of drug-likeness (QED) is 0.810. The summed E-state index contributed by atoms with van der Waals surface area (Å²) in [6.07, 6.45) is 0.668. The predicted octanol–water partition coefficient (Wildman–Crippen LogP) is 1.44. The van der Waals surface area contributed by atoms with E-state index in [-0.39, 0.29) is 12.6 Å². The molecule has 0 heterocycles. The fourth-order valence-corrected chi connectivity index (χ4v) is 2.61. The number of sulfonamides is 1. The van der Waals surface area contributed by atoms with Gasteiger partial charge in [-0.05, 0) is 18.9 Å². The minimum atomic E-state index is -3.47. The lowest BCUT2D eigenvalue weighted by atomic mass is 10.1. The third-order valence-corrected chi connectivity index (χ3v) is 4.53. The van der Waals surface area contributed by atoms with Gasteiger partial charge in [0.25, 0.3) is 0 Å². The molecule has 2 N–H and O–H groups in total. The van der Waals surface area contributed by atoms with Crippen molar-refractivity contribution < 1.29 is 13.5 Å². The number of benzene rings is 1. The van der Waals surface area contributed by atoms with Crippen molar-refractivity contribution >= 4 is 10.0 Å². The molecule has 5 heteroatoms. The summed E-state index contributed by atoms with van der Waals surface area (Å²) in [5.74, 6) is 0. The zero-order valence-corrected chi connectivity index (χ0v) is 10.9. The average molecular weight is 257 g/mol. The van der Waals surface area contributed by atoms with Crippen molar-refractivity contribution in [1.82, 2.24) is 4.72 Å². The van der Waals surface area contributed by atoms with Gasteiger partial charge in [-0.3, -0.25) is 0 Å². The van der Waals surface area contributed by atoms with Crippen LogP contribution in [-0.2, 0) is 10.0 Å². The van der Waals surface area contributed by atoms with Crippen LogP contribution in [0.5, 0.6) is 0 Å². The zero-order valence-electron chi connectivity index (χ0n) is 10.1. The third kappa shape index (κ3) is 3.80. The molecule has 1 aromatic carbocycles. The summed E-state index contributed by atoms with van der Waals surface area (Å²) < 4.78 is 26.3. The molecule has 0 amide bonds. The van der Waals surface area contributed by atoms with Gasteiger partial charge in [-0.1, -0.05) is 37.3 Å². The fraction of sp³-hybridized carbons (Fsp3) is 0.500. The number of hydrogen-bond donors (Lipinski definition) is 2. The Hall–Kier alpha value is -0.910. The Morgan fingerprint density at radius 3 is 2.35 bits per heavy atom. The van der Waals surface area contributed by atoms with Gasteiger partial charge in [0, 0.05) is 6.04 Å². The summed E-state index contributed by atoms with van der Waals surface area (Å²) in [4.78, 5) is 0. The van der Waals surface area contributed by atoms with E-state index in [4.69, 9.17) is 5.11 Å². The topological polar surface area (TPSA) is 66.4 Å². The number of hydrogen-bond acceptors (Lipinski definition) is 3. The predicted molar refractivity (Wildman–Crippen MR) is 68.1 cm³/mol. The van der Waals surface area contributed by atoms with Crippen LogP contribution in [0.4, 0.5) is 0 Å². The molecular formula is C12H19NO3S. The monoisotopic (exact) mass is 257 g/mol. The maximum Gasteiger partial charge on any atom is 0.217 e. The number of aliphatic hydroxyl groups is 1. The highest BCUT2D eigenvalue weighted by molar-refractivity contribution is 7.90. The first kappa shape index (κ1) is 14.2. The summed E-state index contributed by atoms with van der Waals surface area (Å²) in [5.41, 5.74) is 0.934. The molecule has 0 aromatic heterocycles. The number of nitrogens with one attached hydrogen (secondary N) is 1. The highest BCUT2D eigenvalue weighted by atomic mass is 32.2. The molecule has 0 spiro atoms. The molecule has 4 nitrogen and oxygen atoms in total. The molecule has 1 aromatic rings. The van der Waals surface area contributed by atoms with Crippen LogP contribution >= 0.6 is 0 Å². The van der Waals surface area contributed by atoms with E-state index in [0.717, 1.165) is 5.56 Å². The highest BCUT2D eigenvalue weighted by Gasteiger charge is 2.23. The van der Waals surface area contributed by atoms with Crippen LogP contribution in [0.1, 0.15) is 31.9 Å². The summed E-state index contributed by atoms with van der Waals surface area (Å²) in [6, 6.07) is 9.18. The van der Waals surface area contributed by atoms with E-state index in [0.29, 0.717) is 6.42 Å². The maximum atomic E-state index is 11.8. The molecule has 0 aliphatic heterocycles. The molecule has 2 atom stereocenters. The minimum absolute atomic E-state index is 0.241.